The van der Waals surface area contributed by atoms with Gasteiger partial charge in [-0.2, -0.15) is 0 Å². The van der Waals surface area contributed by atoms with E-state index in [1.165, 1.54) is 64.6 Å². The molecule has 0 spiro atoms. The van der Waals surface area contributed by atoms with Crippen LogP contribution in [-0.2, 0) is 5.41 Å². The van der Waals surface area contributed by atoms with E-state index in [0.29, 0.717) is 0 Å². The summed E-state index contributed by atoms with van der Waals surface area (Å²) in [4.78, 5) is 2.41. The molecule has 0 unspecified atom stereocenters. The fourth-order valence-corrected chi connectivity index (χ4v) is 8.19. The summed E-state index contributed by atoms with van der Waals surface area (Å²) in [5.41, 5.74) is 10.6. The van der Waals surface area contributed by atoms with Crippen LogP contribution in [0.25, 0.3) is 53.2 Å². The van der Waals surface area contributed by atoms with Gasteiger partial charge in [0.25, 0.3) is 0 Å². The van der Waals surface area contributed by atoms with Crippen molar-refractivity contribution in [1.82, 2.24) is 0 Å². The van der Waals surface area contributed by atoms with Crippen molar-refractivity contribution >= 4 is 70.5 Å². The first-order chi connectivity index (χ1) is 20.6. The molecule has 0 N–H and O–H groups in total. The molecular formula is C39H27NOS. The van der Waals surface area contributed by atoms with Gasteiger partial charge in [0, 0.05) is 42.0 Å². The molecule has 2 nitrogen and oxygen atoms in total. The Hall–Kier alpha value is -4.86. The van der Waals surface area contributed by atoms with Gasteiger partial charge in [-0.15, -0.1) is 11.3 Å². The Balaban J connectivity index is 1.23. The highest BCUT2D eigenvalue weighted by atomic mass is 32.1. The molecule has 0 fully saturated rings. The molecule has 6 aromatic carbocycles. The van der Waals surface area contributed by atoms with E-state index in [-0.39, 0.29) is 5.41 Å². The predicted molar refractivity (Wildman–Crippen MR) is 179 cm³/mol. The van der Waals surface area contributed by atoms with Gasteiger partial charge in [-0.25, -0.2) is 0 Å². The number of furan rings is 1. The first-order valence-electron chi connectivity index (χ1n) is 14.4. The molecule has 0 radical (unpaired) electrons. The molecule has 1 aliphatic heterocycles. The molecule has 2 aromatic heterocycles. The molecule has 0 bridgehead atoms. The van der Waals surface area contributed by atoms with E-state index in [2.05, 4.69) is 140 Å². The number of hydrogen-bond acceptors (Lipinski definition) is 3. The van der Waals surface area contributed by atoms with E-state index >= 15 is 0 Å². The molecule has 9 rings (SSSR count). The Kier molecular flexibility index (Phi) is 4.86. The van der Waals surface area contributed by atoms with Crippen molar-refractivity contribution in [3.8, 4) is 11.1 Å². The number of nitrogens with zero attached hydrogens (tertiary/aromatic N) is 1. The molecule has 1 aliphatic rings. The molecule has 3 heteroatoms. The van der Waals surface area contributed by atoms with Gasteiger partial charge in [0.2, 0.25) is 0 Å². The van der Waals surface area contributed by atoms with Crippen molar-refractivity contribution in [3.05, 3.63) is 139 Å². The smallest absolute Gasteiger partial charge is 0.144 e. The molecule has 8 aromatic rings. The summed E-state index contributed by atoms with van der Waals surface area (Å²) in [7, 11) is 0. The van der Waals surface area contributed by atoms with E-state index < -0.39 is 0 Å². The van der Waals surface area contributed by atoms with Gasteiger partial charge in [0.05, 0.1) is 11.4 Å². The van der Waals surface area contributed by atoms with Crippen molar-refractivity contribution in [2.75, 3.05) is 4.90 Å². The lowest BCUT2D eigenvalue weighted by Crippen LogP contribution is -2.30. The van der Waals surface area contributed by atoms with Crippen LogP contribution in [-0.4, -0.2) is 0 Å². The van der Waals surface area contributed by atoms with Crippen LogP contribution < -0.4 is 4.90 Å². The maximum absolute atomic E-state index is 6.50. The van der Waals surface area contributed by atoms with E-state index in [1.54, 1.807) is 0 Å². The monoisotopic (exact) mass is 557 g/mol. The van der Waals surface area contributed by atoms with Crippen LogP contribution in [0, 0.1) is 0 Å². The van der Waals surface area contributed by atoms with Crippen molar-refractivity contribution in [1.29, 1.82) is 0 Å². The summed E-state index contributed by atoms with van der Waals surface area (Å²) in [6.07, 6.45) is 0. The molecule has 200 valence electrons. The molecule has 3 heterocycles. The minimum absolute atomic E-state index is 0.0682. The third-order valence-electron chi connectivity index (χ3n) is 9.08. The van der Waals surface area contributed by atoms with Crippen LogP contribution in [0.15, 0.2) is 132 Å². The van der Waals surface area contributed by atoms with Gasteiger partial charge in [-0.05, 0) is 70.8 Å². The zero-order valence-electron chi connectivity index (χ0n) is 23.4. The Morgan fingerprint density at radius 3 is 2.00 bits per heavy atom. The highest BCUT2D eigenvalue weighted by molar-refractivity contribution is 7.26. The van der Waals surface area contributed by atoms with E-state index in [1.807, 2.05) is 17.4 Å². The average molecular weight is 558 g/mol. The average Bonchev–Trinajstić information content (AvgIpc) is 3.60. The Bertz CT molecular complexity index is 2290. The second-order valence-corrected chi connectivity index (χ2v) is 12.8. The largest absolute Gasteiger partial charge is 0.455 e. The summed E-state index contributed by atoms with van der Waals surface area (Å²) in [6, 6.07) is 46.2. The second kappa shape index (κ2) is 8.58. The fraction of sp³-hybridized carbons (Fsp3) is 0.0769. The molecule has 0 amide bonds. The van der Waals surface area contributed by atoms with Gasteiger partial charge < -0.3 is 9.32 Å². The number of benzene rings is 6. The maximum Gasteiger partial charge on any atom is 0.144 e. The first kappa shape index (κ1) is 23.8. The standard InChI is InChI=1S/C39H27NOS/c1-39(2)29-12-4-6-14-31(29)40(32-15-7-5-13-30(32)39)25-20-18-24(19-21-25)26-11-9-17-34-36(26)37-35(42-34)23-22-28-27-10-3-8-16-33(27)41-38(28)37/h3-23H,1-2H3. The molecular weight excluding hydrogens is 531 g/mol. The fourth-order valence-electron chi connectivity index (χ4n) is 7.06. The summed E-state index contributed by atoms with van der Waals surface area (Å²) < 4.78 is 9.04. The molecule has 42 heavy (non-hydrogen) atoms. The van der Waals surface area contributed by atoms with Gasteiger partial charge in [-0.1, -0.05) is 92.7 Å². The zero-order valence-corrected chi connectivity index (χ0v) is 24.2. The van der Waals surface area contributed by atoms with Gasteiger partial charge >= 0.3 is 0 Å². The van der Waals surface area contributed by atoms with E-state index in [4.69, 9.17) is 4.42 Å². The van der Waals surface area contributed by atoms with E-state index in [9.17, 15) is 0 Å². The number of para-hydroxylation sites is 3. The lowest BCUT2D eigenvalue weighted by Gasteiger charge is -2.42. The number of anilines is 3. The Morgan fingerprint density at radius 1 is 0.571 bits per heavy atom. The topological polar surface area (TPSA) is 16.4 Å². The number of rotatable bonds is 2. The highest BCUT2D eigenvalue weighted by Crippen LogP contribution is 2.52. The SMILES string of the molecule is CC1(C)c2ccccc2N(c2ccc(-c3cccc4sc5ccc6c7ccccc7oc6c5c34)cc2)c2ccccc21. The third kappa shape index (κ3) is 3.20. The van der Waals surface area contributed by atoms with Crippen molar-refractivity contribution in [2.24, 2.45) is 0 Å². The van der Waals surface area contributed by atoms with Gasteiger partial charge in [0.15, 0.2) is 0 Å². The van der Waals surface area contributed by atoms with Crippen LogP contribution in [0.1, 0.15) is 25.0 Å². The van der Waals surface area contributed by atoms with Crippen molar-refractivity contribution in [2.45, 2.75) is 19.3 Å². The summed E-state index contributed by atoms with van der Waals surface area (Å²) >= 11 is 1.84. The summed E-state index contributed by atoms with van der Waals surface area (Å²) in [6.45, 7) is 4.66. The quantitative estimate of drug-likeness (QED) is 0.210. The minimum Gasteiger partial charge on any atom is -0.455 e. The first-order valence-corrected chi connectivity index (χ1v) is 15.3. The van der Waals surface area contributed by atoms with Crippen LogP contribution >= 0.6 is 11.3 Å². The molecule has 0 saturated carbocycles. The van der Waals surface area contributed by atoms with Crippen molar-refractivity contribution in [3.63, 3.8) is 0 Å². The predicted octanol–water partition coefficient (Wildman–Crippen LogP) is 11.7. The van der Waals surface area contributed by atoms with Crippen molar-refractivity contribution < 1.29 is 4.42 Å². The molecule has 0 saturated heterocycles. The highest BCUT2D eigenvalue weighted by Gasteiger charge is 2.36. The maximum atomic E-state index is 6.50. The lowest BCUT2D eigenvalue weighted by atomic mass is 9.73. The second-order valence-electron chi connectivity index (χ2n) is 11.7. The van der Waals surface area contributed by atoms with Crippen LogP contribution in [0.3, 0.4) is 0 Å². The van der Waals surface area contributed by atoms with Gasteiger partial charge in [0.1, 0.15) is 11.2 Å². The zero-order chi connectivity index (χ0) is 28.0. The number of fused-ring (bicyclic) bond motifs is 9. The van der Waals surface area contributed by atoms with Crippen LogP contribution in [0.5, 0.6) is 0 Å². The lowest BCUT2D eigenvalue weighted by molar-refractivity contribution is 0.632. The Labute approximate surface area is 248 Å². The Morgan fingerprint density at radius 2 is 1.24 bits per heavy atom. The van der Waals surface area contributed by atoms with Crippen LogP contribution in [0.4, 0.5) is 17.1 Å². The van der Waals surface area contributed by atoms with Crippen LogP contribution in [0.2, 0.25) is 0 Å². The molecule has 0 atom stereocenters. The van der Waals surface area contributed by atoms with E-state index in [0.717, 1.165) is 16.9 Å². The minimum atomic E-state index is -0.0682. The summed E-state index contributed by atoms with van der Waals surface area (Å²) in [5.74, 6) is 0. The number of hydrogen-bond donors (Lipinski definition) is 0. The number of thiophene rings is 1. The van der Waals surface area contributed by atoms with Gasteiger partial charge in [-0.3, -0.25) is 0 Å². The third-order valence-corrected chi connectivity index (χ3v) is 10.2. The summed E-state index contributed by atoms with van der Waals surface area (Å²) in [5, 5.41) is 4.82. The molecule has 0 aliphatic carbocycles. The normalized spacial score (nSPS) is 14.1.